The Bertz CT molecular complexity index is 611. The highest BCUT2D eigenvalue weighted by atomic mass is 16.8. The van der Waals surface area contributed by atoms with Gasteiger partial charge in [-0.25, -0.2) is 0 Å². The zero-order valence-electron chi connectivity index (χ0n) is 16.1. The highest BCUT2D eigenvalue weighted by molar-refractivity contribution is 5.89. The van der Waals surface area contributed by atoms with Crippen LogP contribution in [0.25, 0.3) is 0 Å². The molecule has 1 saturated carbocycles. The van der Waals surface area contributed by atoms with Crippen LogP contribution in [0.3, 0.4) is 0 Å². The number of hydrogen-bond donors (Lipinski definition) is 0. The van der Waals surface area contributed by atoms with E-state index in [1.165, 1.54) is 6.92 Å². The molecule has 0 aromatic rings. The maximum Gasteiger partial charge on any atom is 0.303 e. The molecule has 26 heavy (non-hydrogen) atoms. The number of esters is 1. The van der Waals surface area contributed by atoms with Crippen molar-refractivity contribution in [3.63, 3.8) is 0 Å². The molecule has 0 spiro atoms. The molecule has 1 heterocycles. The van der Waals surface area contributed by atoms with Crippen molar-refractivity contribution in [2.75, 3.05) is 20.5 Å². The summed E-state index contributed by atoms with van der Waals surface area (Å²) < 4.78 is 28.1. The molecule has 3 aliphatic rings. The molecule has 0 aromatic heterocycles. The maximum absolute atomic E-state index is 13.2. The van der Waals surface area contributed by atoms with E-state index in [4.69, 9.17) is 23.7 Å². The van der Waals surface area contributed by atoms with Crippen LogP contribution < -0.4 is 0 Å². The first kappa shape index (κ1) is 19.5. The molecule has 0 aromatic carbocycles. The quantitative estimate of drug-likeness (QED) is 0.318. The molecule has 0 unspecified atom stereocenters. The van der Waals surface area contributed by atoms with Crippen LogP contribution in [0, 0.1) is 11.3 Å². The second kappa shape index (κ2) is 7.03. The Hall–Kier alpha value is -1.28. The van der Waals surface area contributed by atoms with Gasteiger partial charge in [0.1, 0.15) is 25.1 Å². The Balaban J connectivity index is 2.00. The molecule has 7 nitrogen and oxygen atoms in total. The molecule has 1 aliphatic heterocycles. The van der Waals surface area contributed by atoms with Gasteiger partial charge in [-0.15, -0.1) is 0 Å². The summed E-state index contributed by atoms with van der Waals surface area (Å²) in [5.74, 6) is -1.59. The first-order valence-electron chi connectivity index (χ1n) is 9.03. The molecular formula is C19H28O7. The average molecular weight is 368 g/mol. The Labute approximate surface area is 153 Å². The van der Waals surface area contributed by atoms with Crippen molar-refractivity contribution in [1.82, 2.24) is 0 Å². The highest BCUT2D eigenvalue weighted by Crippen LogP contribution is 2.54. The van der Waals surface area contributed by atoms with Crippen molar-refractivity contribution < 1.29 is 33.3 Å². The molecule has 0 N–H and O–H groups in total. The number of ketones is 1. The number of rotatable bonds is 5. The molecule has 5 atom stereocenters. The van der Waals surface area contributed by atoms with E-state index in [2.05, 4.69) is 6.08 Å². The maximum atomic E-state index is 13.2. The number of carbonyl (C=O) groups excluding carboxylic acids is 2. The van der Waals surface area contributed by atoms with Crippen LogP contribution in [-0.4, -0.2) is 56.4 Å². The van der Waals surface area contributed by atoms with Crippen molar-refractivity contribution >= 4 is 11.8 Å². The lowest BCUT2D eigenvalue weighted by molar-refractivity contribution is -0.188. The summed E-state index contributed by atoms with van der Waals surface area (Å²) in [5.41, 5.74) is 0.247. The fraction of sp³-hybridized carbons (Fsp3) is 0.789. The van der Waals surface area contributed by atoms with Gasteiger partial charge in [-0.3, -0.25) is 9.59 Å². The minimum Gasteiger partial charge on any atom is -0.459 e. The first-order valence-corrected chi connectivity index (χ1v) is 9.03. The number of fused-ring (bicyclic) bond motifs is 2. The molecule has 0 bridgehead atoms. The number of Topliss-reactive ketones (excluding diaryl/α,β-unsaturated/α-hetero) is 1. The van der Waals surface area contributed by atoms with Crippen LogP contribution in [0.5, 0.6) is 0 Å². The summed E-state index contributed by atoms with van der Waals surface area (Å²) in [6, 6.07) is 0. The van der Waals surface area contributed by atoms with Gasteiger partial charge in [0, 0.05) is 25.4 Å². The normalized spacial score (nSPS) is 38.3. The number of methoxy groups -OCH3 is 1. The van der Waals surface area contributed by atoms with E-state index in [0.29, 0.717) is 13.0 Å². The summed E-state index contributed by atoms with van der Waals surface area (Å²) >= 11 is 0. The second-order valence-electron chi connectivity index (χ2n) is 7.85. The lowest BCUT2D eigenvalue weighted by Gasteiger charge is -2.51. The molecule has 0 amide bonds. The highest BCUT2D eigenvalue weighted by Gasteiger charge is 2.65. The third-order valence-electron chi connectivity index (χ3n) is 5.66. The van der Waals surface area contributed by atoms with Crippen LogP contribution in [0.15, 0.2) is 11.6 Å². The summed E-state index contributed by atoms with van der Waals surface area (Å²) in [7, 11) is 1.56. The number of ether oxygens (including phenoxy) is 5. The van der Waals surface area contributed by atoms with Gasteiger partial charge in [-0.05, 0) is 32.3 Å². The van der Waals surface area contributed by atoms with Gasteiger partial charge >= 0.3 is 5.97 Å². The minimum absolute atomic E-state index is 0.0174. The van der Waals surface area contributed by atoms with Gasteiger partial charge in [0.15, 0.2) is 11.6 Å². The van der Waals surface area contributed by atoms with Crippen LogP contribution in [0.4, 0.5) is 0 Å². The van der Waals surface area contributed by atoms with Crippen LogP contribution in [0.1, 0.15) is 40.5 Å². The zero-order valence-corrected chi connectivity index (χ0v) is 16.1. The zero-order chi connectivity index (χ0) is 19.1. The van der Waals surface area contributed by atoms with Gasteiger partial charge in [0.25, 0.3) is 0 Å². The monoisotopic (exact) mass is 368 g/mol. The lowest BCUT2D eigenvalue weighted by Crippen LogP contribution is -2.63. The van der Waals surface area contributed by atoms with E-state index < -0.39 is 35.5 Å². The third-order valence-corrected chi connectivity index (χ3v) is 5.66. The molecule has 3 rings (SSSR count). The van der Waals surface area contributed by atoms with Crippen molar-refractivity contribution in [1.29, 1.82) is 0 Å². The van der Waals surface area contributed by atoms with E-state index in [1.54, 1.807) is 21.0 Å². The molecule has 0 radical (unpaired) electrons. The third kappa shape index (κ3) is 3.22. The molecule has 2 aliphatic carbocycles. The Morgan fingerprint density at radius 2 is 2.04 bits per heavy atom. The van der Waals surface area contributed by atoms with E-state index in [1.807, 2.05) is 6.92 Å². The Morgan fingerprint density at radius 3 is 2.69 bits per heavy atom. The molecule has 2 fully saturated rings. The topological polar surface area (TPSA) is 80.3 Å². The Kier molecular flexibility index (Phi) is 5.27. The lowest BCUT2D eigenvalue weighted by atomic mass is 9.56. The van der Waals surface area contributed by atoms with E-state index in [0.717, 1.165) is 12.0 Å². The fourth-order valence-corrected chi connectivity index (χ4v) is 4.57. The molecule has 1 saturated heterocycles. The first-order chi connectivity index (χ1) is 12.2. The second-order valence-corrected chi connectivity index (χ2v) is 7.85. The van der Waals surface area contributed by atoms with Crippen molar-refractivity contribution in [2.24, 2.45) is 11.3 Å². The van der Waals surface area contributed by atoms with Crippen molar-refractivity contribution in [3.8, 4) is 0 Å². The largest absolute Gasteiger partial charge is 0.459 e. The molecular weight excluding hydrogens is 340 g/mol. The average Bonchev–Trinajstić information content (AvgIpc) is 2.88. The van der Waals surface area contributed by atoms with Crippen LogP contribution in [0.2, 0.25) is 0 Å². The predicted molar refractivity (Wildman–Crippen MR) is 91.1 cm³/mol. The van der Waals surface area contributed by atoms with Gasteiger partial charge < -0.3 is 23.7 Å². The van der Waals surface area contributed by atoms with Crippen molar-refractivity contribution in [2.45, 2.75) is 64.6 Å². The van der Waals surface area contributed by atoms with E-state index in [-0.39, 0.29) is 18.5 Å². The fourth-order valence-electron chi connectivity index (χ4n) is 4.57. The summed E-state index contributed by atoms with van der Waals surface area (Å²) in [6.45, 7) is 7.35. The summed E-state index contributed by atoms with van der Waals surface area (Å²) in [5, 5.41) is 0. The van der Waals surface area contributed by atoms with Gasteiger partial charge in [0.2, 0.25) is 0 Å². The summed E-state index contributed by atoms with van der Waals surface area (Å²) in [6.07, 6.45) is 1.57. The van der Waals surface area contributed by atoms with Crippen molar-refractivity contribution in [3.05, 3.63) is 11.6 Å². The summed E-state index contributed by atoms with van der Waals surface area (Å²) in [4.78, 5) is 25.1. The van der Waals surface area contributed by atoms with E-state index >= 15 is 0 Å². The molecule has 146 valence electrons. The number of carbonyl (C=O) groups is 2. The van der Waals surface area contributed by atoms with Crippen LogP contribution >= 0.6 is 0 Å². The van der Waals surface area contributed by atoms with Gasteiger partial charge in [-0.2, -0.15) is 0 Å². The smallest absolute Gasteiger partial charge is 0.303 e. The van der Waals surface area contributed by atoms with Gasteiger partial charge in [-0.1, -0.05) is 13.0 Å². The number of allylic oxidation sites excluding steroid dienone is 1. The van der Waals surface area contributed by atoms with Gasteiger partial charge in [0.05, 0.1) is 6.61 Å². The molecule has 7 heteroatoms. The van der Waals surface area contributed by atoms with E-state index in [9.17, 15) is 9.59 Å². The SMILES string of the molecule is COCOCC1=CCC[C@H]2C(=O)[C@@H]3OC(C)(C)O[C@@H]3[C@H](OC(C)=O)[C@@]12C. The number of hydrogen-bond acceptors (Lipinski definition) is 7. The standard InChI is InChI=1S/C19H28O7/c1-11(20)24-17-16-15(25-18(2,3)26-16)14(21)13-8-6-7-12(19(13,17)4)9-23-10-22-5/h7,13,15-17H,6,8-10H2,1-5H3/t13-,15-,16-,17-,19-/m0/s1. The Morgan fingerprint density at radius 1 is 1.31 bits per heavy atom. The van der Waals surface area contributed by atoms with Crippen LogP contribution in [-0.2, 0) is 33.3 Å². The predicted octanol–water partition coefficient (Wildman–Crippen LogP) is 1.98. The minimum atomic E-state index is -0.899.